The molecule has 0 fully saturated rings. The molecule has 6 nitrogen and oxygen atoms in total. The third-order valence-electron chi connectivity index (χ3n) is 3.86. The van der Waals surface area contributed by atoms with Gasteiger partial charge in [-0.3, -0.25) is 0 Å². The van der Waals surface area contributed by atoms with Crippen molar-refractivity contribution in [1.82, 2.24) is 0 Å². The Balaban J connectivity index is 1.83. The Kier molecular flexibility index (Phi) is 3.91. The zero-order valence-corrected chi connectivity index (χ0v) is 13.2. The van der Waals surface area contributed by atoms with E-state index in [4.69, 9.17) is 5.26 Å². The van der Waals surface area contributed by atoms with E-state index in [1.54, 1.807) is 0 Å². The maximum Gasteiger partial charge on any atom is 0.152 e. The molecule has 0 spiro atoms. The highest BCUT2D eigenvalue weighted by atomic mass is 32.2. The van der Waals surface area contributed by atoms with Crippen molar-refractivity contribution >= 4 is 34.2 Å². The summed E-state index contributed by atoms with van der Waals surface area (Å²) in [6, 6.07) is 15.1. The molecule has 3 aromatic carbocycles. The van der Waals surface area contributed by atoms with Crippen molar-refractivity contribution < 1.29 is 19.7 Å². The van der Waals surface area contributed by atoms with E-state index >= 15 is 0 Å². The van der Waals surface area contributed by atoms with Crippen molar-refractivity contribution in [3.8, 4) is 5.75 Å². The average Bonchev–Trinajstić information content (AvgIpc) is 2.59. The molecule has 24 heavy (non-hydrogen) atoms. The Morgan fingerprint density at radius 3 is 2.58 bits per heavy atom. The molecule has 5 rings (SSSR count). The van der Waals surface area contributed by atoms with E-state index in [-0.39, 0.29) is 11.4 Å². The highest BCUT2D eigenvalue weighted by Gasteiger charge is 2.22. The number of hydrogen-bond acceptors (Lipinski definition) is 7. The first kappa shape index (κ1) is 15.1. The second kappa shape index (κ2) is 6.21. The normalized spacial score (nSPS) is 12.7. The molecule has 0 heterocycles. The minimum absolute atomic E-state index is 0.0393. The van der Waals surface area contributed by atoms with Gasteiger partial charge in [-0.2, -0.15) is 5.11 Å². The summed E-state index contributed by atoms with van der Waals surface area (Å²) in [5, 5.41) is 32.7. The van der Waals surface area contributed by atoms with Crippen LogP contribution in [0.25, 0.3) is 10.8 Å². The Morgan fingerprint density at radius 1 is 1.04 bits per heavy atom. The number of nitrogens with zero attached hydrogens (tertiary/aromatic N) is 2. The number of phenols is 1. The van der Waals surface area contributed by atoms with Crippen LogP contribution in [0.15, 0.2) is 63.7 Å². The second-order valence-electron chi connectivity index (χ2n) is 5.36. The van der Waals surface area contributed by atoms with Crippen LogP contribution in [0.4, 0.5) is 11.4 Å². The van der Waals surface area contributed by atoms with Gasteiger partial charge in [0.2, 0.25) is 0 Å². The van der Waals surface area contributed by atoms with E-state index in [1.165, 1.54) is 5.56 Å². The lowest BCUT2D eigenvalue weighted by Gasteiger charge is -2.20. The van der Waals surface area contributed by atoms with Crippen LogP contribution in [0.1, 0.15) is 11.1 Å². The minimum Gasteiger partial charge on any atom is -0.505 e. The number of hydrogen-bond donors (Lipinski definition) is 2. The van der Waals surface area contributed by atoms with Gasteiger partial charge in [0.25, 0.3) is 0 Å². The maximum absolute atomic E-state index is 10.7. The third kappa shape index (κ3) is 2.63. The number of rotatable bonds is 5. The Hall–Kier alpha value is -2.45. The first-order chi connectivity index (χ1) is 11.8. The maximum atomic E-state index is 10.7. The summed E-state index contributed by atoms with van der Waals surface area (Å²) in [5.41, 5.74) is 3.22. The van der Waals surface area contributed by atoms with E-state index in [0.717, 1.165) is 34.8 Å². The van der Waals surface area contributed by atoms with Gasteiger partial charge in [0.15, 0.2) is 5.75 Å². The Labute approximate surface area is 141 Å². The lowest BCUT2D eigenvalue weighted by molar-refractivity contribution is -0.432. The summed E-state index contributed by atoms with van der Waals surface area (Å²) in [4.78, 5) is 0.485. The summed E-state index contributed by atoms with van der Waals surface area (Å²) < 4.78 is 4.52. The molecule has 0 amide bonds. The molecular formula is C17H12N2O4S. The molecule has 120 valence electrons. The molecule has 7 heteroatoms. The van der Waals surface area contributed by atoms with Crippen molar-refractivity contribution in [1.29, 1.82) is 0 Å². The SMILES string of the molecule is OOOSc1cc2cc3cc(c2c(O)c1N=Nc1ccccc1)C3. The fourth-order valence-electron chi connectivity index (χ4n) is 2.79. The molecule has 0 aromatic heterocycles. The lowest BCUT2D eigenvalue weighted by atomic mass is 9.86. The molecule has 0 aliphatic heterocycles. The number of phenolic OH excluding ortho intramolecular Hbond substituents is 1. The smallest absolute Gasteiger partial charge is 0.152 e. The predicted octanol–water partition coefficient (Wildman–Crippen LogP) is 5.29. The molecule has 0 unspecified atom stereocenters. The summed E-state index contributed by atoms with van der Waals surface area (Å²) in [6.07, 6.45) is 0.846. The van der Waals surface area contributed by atoms with Gasteiger partial charge in [-0.25, -0.2) is 5.26 Å². The van der Waals surface area contributed by atoms with Crippen LogP contribution < -0.4 is 0 Å². The predicted molar refractivity (Wildman–Crippen MR) is 89.7 cm³/mol. The van der Waals surface area contributed by atoms with Gasteiger partial charge < -0.3 is 5.11 Å². The molecule has 3 aromatic rings. The fourth-order valence-corrected chi connectivity index (χ4v) is 3.28. The molecular weight excluding hydrogens is 328 g/mol. The van der Waals surface area contributed by atoms with E-state index in [2.05, 4.69) is 19.6 Å². The molecule has 0 saturated heterocycles. The van der Waals surface area contributed by atoms with E-state index in [9.17, 15) is 5.11 Å². The van der Waals surface area contributed by atoms with Gasteiger partial charge in [0, 0.05) is 5.39 Å². The third-order valence-corrected chi connectivity index (χ3v) is 4.48. The molecule has 2 N–H and O–H groups in total. The monoisotopic (exact) mass is 340 g/mol. The quantitative estimate of drug-likeness (QED) is 0.223. The molecule has 2 aliphatic carbocycles. The van der Waals surface area contributed by atoms with Crippen LogP contribution in [-0.4, -0.2) is 10.4 Å². The lowest BCUT2D eigenvalue weighted by Crippen LogP contribution is -2.02. The van der Waals surface area contributed by atoms with Crippen LogP contribution in [0.3, 0.4) is 0 Å². The van der Waals surface area contributed by atoms with Crippen molar-refractivity contribution in [3.05, 3.63) is 59.7 Å². The van der Waals surface area contributed by atoms with E-state index in [1.807, 2.05) is 48.5 Å². The highest BCUT2D eigenvalue weighted by Crippen LogP contribution is 2.47. The fraction of sp³-hybridized carbons (Fsp3) is 0.0588. The molecule has 0 atom stereocenters. The van der Waals surface area contributed by atoms with Crippen molar-refractivity contribution in [2.45, 2.75) is 11.3 Å². The van der Waals surface area contributed by atoms with E-state index in [0.29, 0.717) is 10.6 Å². The molecule has 0 radical (unpaired) electrons. The standard InChI is InChI=1S/C17H12N2O4S/c20-17-15-11-6-10(7-11)8-12(15)9-14(24-23-22-21)16(17)19-18-13-4-2-1-3-5-13/h1-6,8-9,20-21H,7H2. The Morgan fingerprint density at radius 2 is 1.83 bits per heavy atom. The number of azo groups is 1. The Bertz CT molecular complexity index is 944. The van der Waals surface area contributed by atoms with Crippen LogP contribution in [-0.2, 0) is 15.8 Å². The van der Waals surface area contributed by atoms with Crippen LogP contribution in [0, 0.1) is 0 Å². The van der Waals surface area contributed by atoms with Gasteiger partial charge in [-0.15, -0.1) is 9.45 Å². The zero-order valence-electron chi connectivity index (χ0n) is 12.3. The van der Waals surface area contributed by atoms with Gasteiger partial charge >= 0.3 is 0 Å². The number of aromatic hydroxyl groups is 1. The summed E-state index contributed by atoms with van der Waals surface area (Å²) >= 11 is 0.751. The molecule has 2 bridgehead atoms. The van der Waals surface area contributed by atoms with Crippen LogP contribution in [0.2, 0.25) is 0 Å². The molecule has 2 aliphatic rings. The summed E-state index contributed by atoms with van der Waals surface area (Å²) in [5.74, 6) is 0.0393. The van der Waals surface area contributed by atoms with Gasteiger partial charge in [-0.05, 0) is 41.1 Å². The first-order valence-electron chi connectivity index (χ1n) is 7.19. The van der Waals surface area contributed by atoms with Crippen LogP contribution in [0.5, 0.6) is 5.75 Å². The second-order valence-corrected chi connectivity index (χ2v) is 6.11. The van der Waals surface area contributed by atoms with Crippen molar-refractivity contribution in [2.24, 2.45) is 10.2 Å². The average molecular weight is 340 g/mol. The van der Waals surface area contributed by atoms with Crippen molar-refractivity contribution in [3.63, 3.8) is 0 Å². The summed E-state index contributed by atoms with van der Waals surface area (Å²) in [7, 11) is 0. The topological polar surface area (TPSA) is 83.6 Å². The summed E-state index contributed by atoms with van der Waals surface area (Å²) in [6.45, 7) is 0. The minimum atomic E-state index is 0.0393. The molecule has 0 saturated carbocycles. The number of benzene rings is 3. The van der Waals surface area contributed by atoms with Gasteiger partial charge in [0.05, 0.1) is 22.6 Å². The van der Waals surface area contributed by atoms with Crippen molar-refractivity contribution in [2.75, 3.05) is 0 Å². The van der Waals surface area contributed by atoms with Gasteiger partial charge in [0.1, 0.15) is 5.69 Å². The van der Waals surface area contributed by atoms with E-state index < -0.39 is 0 Å². The van der Waals surface area contributed by atoms with Gasteiger partial charge in [-0.1, -0.05) is 35.4 Å². The zero-order chi connectivity index (χ0) is 16.5. The first-order valence-corrected chi connectivity index (χ1v) is 7.93. The largest absolute Gasteiger partial charge is 0.505 e. The van der Waals surface area contributed by atoms with Crippen LogP contribution >= 0.6 is 12.0 Å². The highest BCUT2D eigenvalue weighted by molar-refractivity contribution is 7.94.